The Balaban J connectivity index is 1.44. The van der Waals surface area contributed by atoms with Gasteiger partial charge in [-0.05, 0) is 48.9 Å². The lowest BCUT2D eigenvalue weighted by Crippen LogP contribution is -2.38. The number of nitrogens with one attached hydrogen (secondary N) is 1. The van der Waals surface area contributed by atoms with Crippen molar-refractivity contribution >= 4 is 29.3 Å². The average molecular weight is 472 g/mol. The second-order valence-corrected chi connectivity index (χ2v) is 8.04. The Morgan fingerprint density at radius 2 is 1.60 bits per heavy atom. The first-order valence-electron chi connectivity index (χ1n) is 11.2. The van der Waals surface area contributed by atoms with Crippen LogP contribution in [-0.2, 0) is 11.3 Å². The van der Waals surface area contributed by atoms with Gasteiger partial charge in [0.25, 0.3) is 17.7 Å². The normalized spacial score (nSPS) is 12.3. The third-order valence-electron chi connectivity index (χ3n) is 5.75. The average Bonchev–Trinajstić information content (AvgIpc) is 3.12. The Labute approximate surface area is 203 Å². The lowest BCUT2D eigenvalue weighted by molar-refractivity contribution is -0.116. The number of carbonyl (C=O) groups excluding carboxylic acids is 4. The van der Waals surface area contributed by atoms with Crippen LogP contribution in [0.3, 0.4) is 0 Å². The number of likely N-dealkylation sites (N-methyl/N-ethyl adjacent to an activating group) is 1. The number of hydrogen-bond donors (Lipinski definition) is 1. The third-order valence-corrected chi connectivity index (χ3v) is 5.75. The van der Waals surface area contributed by atoms with Gasteiger partial charge in [-0.2, -0.15) is 0 Å². The number of hydrogen-bond acceptors (Lipinski definition) is 5. The molecular formula is C27H25N3O5. The van der Waals surface area contributed by atoms with Gasteiger partial charge in [0.15, 0.2) is 0 Å². The van der Waals surface area contributed by atoms with Gasteiger partial charge in [-0.1, -0.05) is 30.3 Å². The summed E-state index contributed by atoms with van der Waals surface area (Å²) in [6.07, 6.45) is 0. The minimum Gasteiger partial charge on any atom is -0.497 e. The lowest BCUT2D eigenvalue weighted by Gasteiger charge is -2.21. The van der Waals surface area contributed by atoms with Crippen LogP contribution >= 0.6 is 0 Å². The highest BCUT2D eigenvalue weighted by Gasteiger charge is 2.35. The van der Waals surface area contributed by atoms with Crippen molar-refractivity contribution in [2.75, 3.05) is 25.5 Å². The van der Waals surface area contributed by atoms with E-state index in [2.05, 4.69) is 5.32 Å². The second kappa shape index (κ2) is 10.2. The zero-order valence-electron chi connectivity index (χ0n) is 19.5. The van der Waals surface area contributed by atoms with Crippen molar-refractivity contribution in [1.82, 2.24) is 9.80 Å². The molecular weight excluding hydrogens is 446 g/mol. The number of amides is 4. The zero-order valence-corrected chi connectivity index (χ0v) is 19.5. The largest absolute Gasteiger partial charge is 0.497 e. The first-order valence-corrected chi connectivity index (χ1v) is 11.2. The summed E-state index contributed by atoms with van der Waals surface area (Å²) in [6.45, 7) is 2.04. The van der Waals surface area contributed by atoms with Crippen molar-refractivity contribution in [3.63, 3.8) is 0 Å². The number of benzene rings is 3. The van der Waals surface area contributed by atoms with Crippen LogP contribution in [0.4, 0.5) is 5.69 Å². The molecule has 0 saturated heterocycles. The smallest absolute Gasteiger partial charge is 0.261 e. The Morgan fingerprint density at radius 3 is 2.26 bits per heavy atom. The monoisotopic (exact) mass is 471 g/mol. The molecule has 4 amide bonds. The Hall–Kier alpha value is -4.46. The molecule has 0 atom stereocenters. The first-order chi connectivity index (χ1) is 16.9. The number of imide groups is 1. The number of carbonyl (C=O) groups is 4. The summed E-state index contributed by atoms with van der Waals surface area (Å²) >= 11 is 0. The van der Waals surface area contributed by atoms with E-state index < -0.39 is 0 Å². The highest BCUT2D eigenvalue weighted by atomic mass is 16.5. The van der Waals surface area contributed by atoms with Crippen LogP contribution in [0.1, 0.15) is 43.6 Å². The van der Waals surface area contributed by atoms with Crippen molar-refractivity contribution < 1.29 is 23.9 Å². The lowest BCUT2D eigenvalue weighted by atomic mass is 10.1. The van der Waals surface area contributed by atoms with E-state index in [1.165, 1.54) is 9.80 Å². The van der Waals surface area contributed by atoms with Gasteiger partial charge in [-0.3, -0.25) is 24.1 Å². The van der Waals surface area contributed by atoms with Gasteiger partial charge in [0, 0.05) is 23.9 Å². The maximum Gasteiger partial charge on any atom is 0.261 e. The molecule has 1 N–H and O–H groups in total. The number of ether oxygens (including phenoxy) is 1. The molecule has 1 aliphatic rings. The van der Waals surface area contributed by atoms with Crippen LogP contribution in [0.2, 0.25) is 0 Å². The van der Waals surface area contributed by atoms with E-state index in [0.717, 1.165) is 0 Å². The highest BCUT2D eigenvalue weighted by Crippen LogP contribution is 2.24. The summed E-state index contributed by atoms with van der Waals surface area (Å²) in [7, 11) is 1.54. The van der Waals surface area contributed by atoms with Gasteiger partial charge in [0.2, 0.25) is 5.91 Å². The maximum atomic E-state index is 13.1. The van der Waals surface area contributed by atoms with Crippen LogP contribution in [0.5, 0.6) is 5.75 Å². The molecule has 8 nitrogen and oxygen atoms in total. The Kier molecular flexibility index (Phi) is 6.91. The number of fused-ring (bicyclic) bond motifs is 1. The summed E-state index contributed by atoms with van der Waals surface area (Å²) in [5.74, 6) is -0.757. The van der Waals surface area contributed by atoms with Gasteiger partial charge >= 0.3 is 0 Å². The van der Waals surface area contributed by atoms with E-state index in [4.69, 9.17) is 4.74 Å². The molecule has 4 rings (SSSR count). The van der Waals surface area contributed by atoms with E-state index >= 15 is 0 Å². The fraction of sp³-hybridized carbons (Fsp3) is 0.185. The second-order valence-electron chi connectivity index (χ2n) is 8.04. The minimum atomic E-state index is -0.355. The minimum absolute atomic E-state index is 0.0515. The van der Waals surface area contributed by atoms with Gasteiger partial charge < -0.3 is 15.0 Å². The maximum absolute atomic E-state index is 13.1. The summed E-state index contributed by atoms with van der Waals surface area (Å²) in [5, 5.41) is 2.77. The van der Waals surface area contributed by atoms with Gasteiger partial charge in [-0.25, -0.2) is 0 Å². The highest BCUT2D eigenvalue weighted by molar-refractivity contribution is 6.21. The van der Waals surface area contributed by atoms with Crippen molar-refractivity contribution in [2.45, 2.75) is 13.5 Å². The van der Waals surface area contributed by atoms with E-state index in [1.54, 1.807) is 86.8 Å². The van der Waals surface area contributed by atoms with Crippen molar-refractivity contribution in [3.8, 4) is 5.75 Å². The molecule has 8 heteroatoms. The van der Waals surface area contributed by atoms with E-state index in [9.17, 15) is 19.2 Å². The van der Waals surface area contributed by atoms with Gasteiger partial charge in [0.1, 0.15) is 12.3 Å². The quantitative estimate of drug-likeness (QED) is 0.507. The molecule has 1 heterocycles. The van der Waals surface area contributed by atoms with E-state index in [1.807, 2.05) is 0 Å². The predicted molar refractivity (Wildman–Crippen MR) is 130 cm³/mol. The molecule has 0 fully saturated rings. The summed E-state index contributed by atoms with van der Waals surface area (Å²) < 4.78 is 5.16. The molecule has 3 aromatic carbocycles. The van der Waals surface area contributed by atoms with Gasteiger partial charge in [-0.15, -0.1) is 0 Å². The summed E-state index contributed by atoms with van der Waals surface area (Å²) in [6, 6.07) is 20.4. The van der Waals surface area contributed by atoms with Crippen molar-refractivity contribution in [1.29, 1.82) is 0 Å². The number of methoxy groups -OCH3 is 1. The van der Waals surface area contributed by atoms with Gasteiger partial charge in [0.05, 0.1) is 24.8 Å². The molecule has 1 aliphatic heterocycles. The molecule has 0 spiro atoms. The van der Waals surface area contributed by atoms with Crippen LogP contribution in [0.25, 0.3) is 0 Å². The van der Waals surface area contributed by atoms with Crippen LogP contribution in [0.15, 0.2) is 72.8 Å². The molecule has 178 valence electrons. The van der Waals surface area contributed by atoms with E-state index in [0.29, 0.717) is 40.2 Å². The first kappa shape index (κ1) is 23.7. The molecule has 0 unspecified atom stereocenters. The standard InChI is InChI=1S/C27H25N3O5/c1-3-29(17-24(31)28-20-10-7-11-21(15-20)35-2)25(32)19-9-6-8-18(14-19)16-30-26(33)22-12-4-5-13-23(22)27(30)34/h4-15H,3,16-17H2,1-2H3,(H,28,31). The molecule has 0 aliphatic carbocycles. The SMILES string of the molecule is CCN(CC(=O)Nc1cccc(OC)c1)C(=O)c1cccc(CN2C(=O)c3ccccc3C2=O)c1. The van der Waals surface area contributed by atoms with Crippen molar-refractivity contribution in [3.05, 3.63) is 95.1 Å². The topological polar surface area (TPSA) is 96.0 Å². The molecule has 0 radical (unpaired) electrons. The molecule has 0 bridgehead atoms. The number of rotatable bonds is 8. The fourth-order valence-corrected chi connectivity index (χ4v) is 3.95. The Bertz CT molecular complexity index is 1270. The van der Waals surface area contributed by atoms with Crippen LogP contribution in [0, 0.1) is 0 Å². The molecule has 3 aromatic rings. The molecule has 35 heavy (non-hydrogen) atoms. The summed E-state index contributed by atoms with van der Waals surface area (Å²) in [4.78, 5) is 53.7. The number of nitrogens with zero attached hydrogens (tertiary/aromatic N) is 2. The predicted octanol–water partition coefficient (Wildman–Crippen LogP) is 3.59. The number of anilines is 1. The van der Waals surface area contributed by atoms with Crippen LogP contribution < -0.4 is 10.1 Å². The zero-order chi connectivity index (χ0) is 24.9. The fourth-order valence-electron chi connectivity index (χ4n) is 3.95. The molecule has 0 aromatic heterocycles. The van der Waals surface area contributed by atoms with Crippen molar-refractivity contribution in [2.24, 2.45) is 0 Å². The Morgan fingerprint density at radius 1 is 0.914 bits per heavy atom. The molecule has 0 saturated carbocycles. The van der Waals surface area contributed by atoms with Crippen LogP contribution in [-0.4, -0.2) is 53.6 Å². The van der Waals surface area contributed by atoms with E-state index in [-0.39, 0.29) is 36.7 Å². The summed E-state index contributed by atoms with van der Waals surface area (Å²) in [5.41, 5.74) is 2.34. The third kappa shape index (κ3) is 5.06.